The average molecular weight is 1030 g/mol. The molecule has 1 spiro atoms. The third kappa shape index (κ3) is 9.26. The van der Waals surface area contributed by atoms with E-state index >= 15 is 0 Å². The van der Waals surface area contributed by atoms with E-state index in [4.69, 9.17) is 42.6 Å². The molecule has 0 bridgehead atoms. The molecule has 22 nitrogen and oxygen atoms in total. The highest BCUT2D eigenvalue weighted by Crippen LogP contribution is 2.71. The molecule has 0 amide bonds. The van der Waals surface area contributed by atoms with Crippen molar-refractivity contribution in [3.8, 4) is 0 Å². The maximum Gasteiger partial charge on any atom is 0.187 e. The first kappa shape index (κ1) is 54.5. The zero-order valence-electron chi connectivity index (χ0n) is 41.8. The molecule has 6 aliphatic heterocycles. The fourth-order valence-electron chi connectivity index (χ4n) is 16.1. The summed E-state index contributed by atoms with van der Waals surface area (Å²) >= 11 is 0. The standard InChI is InChI=1S/C50H83NO21/c1-20-7-12-50(51-15-20)21(2)32-28(72-50)14-26-24-6-5-22-13-23(8-10-48(22,3)25(24)9-11-49(26,32)4)65-45-40(63)37(60)41(31(18-54)68-45)69-47-43(71-46-39(62)36(59)34(57)29(16-52)66-46)42(35(58)30(17-53)67-47)70-44-38(61)33(56)27(55)19-64-44/h20-47,51-63H,5-19H2,1-4H3/t20-,21-,22-,23-,24+,25?,26-,27+,28?,29+,30+,31+,32?,33-,34+,35+,36-,37+,38+,39+,40+,41-,42-,43+,44-,45+,46-,47-,48-,49-,50+/m0/s1. The number of hydrogen-bond acceptors (Lipinski definition) is 22. The van der Waals surface area contributed by atoms with Gasteiger partial charge in [0.25, 0.3) is 0 Å². The van der Waals surface area contributed by atoms with Crippen LogP contribution in [0.1, 0.15) is 91.9 Å². The first-order valence-electron chi connectivity index (χ1n) is 26.8. The van der Waals surface area contributed by atoms with Gasteiger partial charge in [0.1, 0.15) is 97.3 Å². The fourth-order valence-corrected chi connectivity index (χ4v) is 16.1. The van der Waals surface area contributed by atoms with Crippen LogP contribution < -0.4 is 5.32 Å². The van der Waals surface area contributed by atoms with E-state index in [-0.39, 0.29) is 28.8 Å². The maximum absolute atomic E-state index is 11.8. The van der Waals surface area contributed by atoms with Crippen LogP contribution in [0.2, 0.25) is 0 Å². The minimum absolute atomic E-state index is 0.104. The van der Waals surface area contributed by atoms with Crippen LogP contribution in [0.4, 0.5) is 0 Å². The third-order valence-corrected chi connectivity index (χ3v) is 20.2. The van der Waals surface area contributed by atoms with Gasteiger partial charge in [-0.05, 0) is 111 Å². The Bertz CT molecular complexity index is 1830. The van der Waals surface area contributed by atoms with Crippen molar-refractivity contribution in [2.45, 2.75) is 227 Å². The lowest BCUT2D eigenvalue weighted by Crippen LogP contribution is -2.68. The van der Waals surface area contributed by atoms with Gasteiger partial charge in [-0.3, -0.25) is 5.32 Å². The first-order valence-corrected chi connectivity index (χ1v) is 26.8. The SMILES string of the molecule is C[C@H]1CC[C@@]2(NC1)OC1C[C@H]3[C@@H]4CC[C@H]5C[C@@H](O[C@@H]6O[C@H](CO)[C@H](O[C@@H]7O[C@H](CO)[C@@H](O)[C@H](O[C@@H]8OC[C@@H](O)[C@H](O)[C@H]8O)[C@H]7O[C@@H]7O[C@H](CO)[C@@H](O)[C@H](O)[C@H]7O)[C@H](O)[C@H]6O)CC[C@]5(C)C4CC[C@]3(C)C1[C@@H]2C. The second kappa shape index (κ2) is 21.1. The van der Waals surface area contributed by atoms with Crippen LogP contribution in [0.25, 0.3) is 0 Å². The minimum atomic E-state index is -1.99. The quantitative estimate of drug-likeness (QED) is 0.0937. The van der Waals surface area contributed by atoms with Gasteiger partial charge < -0.3 is 104 Å². The predicted molar refractivity (Wildman–Crippen MR) is 244 cm³/mol. The lowest BCUT2D eigenvalue weighted by atomic mass is 9.44. The number of piperidine rings is 1. The summed E-state index contributed by atoms with van der Waals surface area (Å²) in [7, 11) is 0. The third-order valence-electron chi connectivity index (χ3n) is 20.2. The minimum Gasteiger partial charge on any atom is -0.394 e. The summed E-state index contributed by atoms with van der Waals surface area (Å²) in [6, 6.07) is 0. The predicted octanol–water partition coefficient (Wildman–Crippen LogP) is -2.70. The van der Waals surface area contributed by atoms with Gasteiger partial charge in [-0.15, -0.1) is 0 Å². The van der Waals surface area contributed by atoms with E-state index in [0.29, 0.717) is 47.8 Å². The van der Waals surface area contributed by atoms with Gasteiger partial charge in [-0.1, -0.05) is 27.7 Å². The van der Waals surface area contributed by atoms with Crippen LogP contribution in [-0.2, 0) is 42.6 Å². The number of hydrogen-bond donors (Lipinski definition) is 13. The summed E-state index contributed by atoms with van der Waals surface area (Å²) in [6.45, 7) is 7.84. The summed E-state index contributed by atoms with van der Waals surface area (Å²) < 4.78 is 55.0. The lowest BCUT2D eigenvalue weighted by Gasteiger charge is -2.61. The van der Waals surface area contributed by atoms with Crippen LogP contribution in [0, 0.1) is 52.3 Å². The zero-order valence-corrected chi connectivity index (χ0v) is 41.8. The van der Waals surface area contributed by atoms with Gasteiger partial charge in [-0.25, -0.2) is 0 Å². The molecule has 0 aromatic carbocycles. The van der Waals surface area contributed by atoms with E-state index < -0.39 is 143 Å². The monoisotopic (exact) mass is 1030 g/mol. The van der Waals surface area contributed by atoms with Gasteiger partial charge in [0.05, 0.1) is 38.6 Å². The molecule has 10 fully saturated rings. The number of rotatable bonds is 11. The number of ether oxygens (including phenoxy) is 9. The molecule has 0 aromatic heterocycles. The first-order chi connectivity index (χ1) is 34.3. The molecule has 10 rings (SSSR count). The molecule has 6 saturated heterocycles. The molecule has 4 saturated carbocycles. The van der Waals surface area contributed by atoms with Crippen LogP contribution in [0.15, 0.2) is 0 Å². The van der Waals surface area contributed by atoms with E-state index in [9.17, 15) is 61.3 Å². The fraction of sp³-hybridized carbons (Fsp3) is 1.00. The number of fused-ring (bicyclic) bond motifs is 7. The average Bonchev–Trinajstić information content (AvgIpc) is 3.82. The largest absolute Gasteiger partial charge is 0.394 e. The van der Waals surface area contributed by atoms with E-state index in [1.807, 2.05) is 0 Å². The van der Waals surface area contributed by atoms with E-state index in [1.54, 1.807) is 0 Å². The maximum atomic E-state index is 11.8. The highest BCUT2D eigenvalue weighted by Gasteiger charge is 2.69. The Morgan fingerprint density at radius 2 is 1.17 bits per heavy atom. The molecule has 0 radical (unpaired) electrons. The second-order valence-corrected chi connectivity index (χ2v) is 24.0. The molecule has 3 unspecified atom stereocenters. The van der Waals surface area contributed by atoms with E-state index in [2.05, 4.69) is 33.0 Å². The normalized spacial score (nSPS) is 57.8. The van der Waals surface area contributed by atoms with E-state index in [1.165, 1.54) is 19.3 Å². The molecule has 22 heteroatoms. The summed E-state index contributed by atoms with van der Waals surface area (Å²) in [5.41, 5.74) is 0.147. The molecule has 13 N–H and O–H groups in total. The van der Waals surface area contributed by atoms with Gasteiger partial charge >= 0.3 is 0 Å². The van der Waals surface area contributed by atoms with Gasteiger partial charge in [-0.2, -0.15) is 0 Å². The molecule has 414 valence electrons. The lowest BCUT2D eigenvalue weighted by molar-refractivity contribution is -0.404. The highest BCUT2D eigenvalue weighted by molar-refractivity contribution is 5.16. The summed E-state index contributed by atoms with van der Waals surface area (Å²) in [5.74, 6) is 3.87. The second-order valence-electron chi connectivity index (χ2n) is 24.0. The van der Waals surface area contributed by atoms with Crippen LogP contribution >= 0.6 is 0 Å². The molecular weight excluding hydrogens is 951 g/mol. The molecular formula is C50H83NO21. The van der Waals surface area contributed by atoms with Crippen molar-refractivity contribution >= 4 is 0 Å². The molecule has 6 heterocycles. The summed E-state index contributed by atoms with van der Waals surface area (Å²) in [5, 5.41) is 133. The van der Waals surface area contributed by atoms with Crippen LogP contribution in [-0.4, -0.2) is 229 Å². The highest BCUT2D eigenvalue weighted by atomic mass is 16.8. The smallest absolute Gasteiger partial charge is 0.187 e. The Balaban J connectivity index is 0.812. The number of aliphatic hydroxyl groups is 12. The Hall–Kier alpha value is -0.880. The Morgan fingerprint density at radius 1 is 0.542 bits per heavy atom. The topological polar surface area (TPSA) is 338 Å². The summed E-state index contributed by atoms with van der Waals surface area (Å²) in [4.78, 5) is 0. The van der Waals surface area contributed by atoms with Crippen molar-refractivity contribution in [3.05, 3.63) is 0 Å². The molecule has 31 atom stereocenters. The van der Waals surface area contributed by atoms with Crippen molar-refractivity contribution in [2.24, 2.45) is 52.3 Å². The van der Waals surface area contributed by atoms with Gasteiger partial charge in [0.15, 0.2) is 25.2 Å². The van der Waals surface area contributed by atoms with Crippen molar-refractivity contribution in [1.82, 2.24) is 5.32 Å². The van der Waals surface area contributed by atoms with Gasteiger partial charge in [0, 0.05) is 12.5 Å². The van der Waals surface area contributed by atoms with Crippen LogP contribution in [0.5, 0.6) is 0 Å². The van der Waals surface area contributed by atoms with Crippen molar-refractivity contribution in [1.29, 1.82) is 0 Å². The van der Waals surface area contributed by atoms with Crippen molar-refractivity contribution in [2.75, 3.05) is 33.0 Å². The van der Waals surface area contributed by atoms with Crippen molar-refractivity contribution < 1.29 is 104 Å². The van der Waals surface area contributed by atoms with Gasteiger partial charge in [0.2, 0.25) is 0 Å². The van der Waals surface area contributed by atoms with E-state index in [0.717, 1.165) is 45.1 Å². The zero-order chi connectivity index (χ0) is 51.3. The number of nitrogens with one attached hydrogen (secondary N) is 1. The Morgan fingerprint density at radius 3 is 1.88 bits per heavy atom. The van der Waals surface area contributed by atoms with Crippen LogP contribution in [0.3, 0.4) is 0 Å². The molecule has 0 aromatic rings. The number of aliphatic hydroxyl groups excluding tert-OH is 12. The Labute approximate surface area is 420 Å². The summed E-state index contributed by atoms with van der Waals surface area (Å²) in [6.07, 6.45) is -22.4. The van der Waals surface area contributed by atoms with Crippen molar-refractivity contribution in [3.63, 3.8) is 0 Å². The molecule has 72 heavy (non-hydrogen) atoms. The molecule has 10 aliphatic rings. The Kier molecular flexibility index (Phi) is 15.9. The molecule has 4 aliphatic carbocycles.